The topological polar surface area (TPSA) is 67.9 Å². The zero-order chi connectivity index (χ0) is 28.5. The zero-order valence-electron chi connectivity index (χ0n) is 24.1. The first-order valence-electron chi connectivity index (χ1n) is 14.4. The summed E-state index contributed by atoms with van der Waals surface area (Å²) in [4.78, 5) is 27.7. The lowest BCUT2D eigenvalue weighted by Gasteiger charge is -2.46. The quantitative estimate of drug-likeness (QED) is 0.378. The van der Waals surface area contributed by atoms with Crippen LogP contribution in [-0.4, -0.2) is 48.3 Å². The number of carbonyl (C=O) groups is 2. The summed E-state index contributed by atoms with van der Waals surface area (Å²) < 4.78 is 10.9. The van der Waals surface area contributed by atoms with Gasteiger partial charge in [-0.05, 0) is 101 Å². The van der Waals surface area contributed by atoms with Gasteiger partial charge in [-0.2, -0.15) is 0 Å². The SMILES string of the molecule is COC(=O)C1(Nc2cccc(Cl)c2)CCC2(CC1)C(CC1CCN(C(=O)OC(C)(C)C)CC1)=Cc1ccccc12. The van der Waals surface area contributed by atoms with E-state index in [1.54, 1.807) is 0 Å². The molecule has 1 aliphatic heterocycles. The number of likely N-dealkylation sites (tertiary alicyclic amines) is 1. The Morgan fingerprint density at radius 3 is 2.38 bits per heavy atom. The molecule has 5 rings (SSSR count). The smallest absolute Gasteiger partial charge is 0.410 e. The Labute approximate surface area is 243 Å². The fourth-order valence-corrected chi connectivity index (χ4v) is 7.07. The van der Waals surface area contributed by atoms with Gasteiger partial charge in [-0.1, -0.05) is 53.6 Å². The van der Waals surface area contributed by atoms with Crippen LogP contribution < -0.4 is 5.32 Å². The summed E-state index contributed by atoms with van der Waals surface area (Å²) in [5, 5.41) is 4.15. The molecule has 2 fully saturated rings. The number of amides is 1. The Morgan fingerprint density at radius 1 is 1.02 bits per heavy atom. The van der Waals surface area contributed by atoms with E-state index in [0.717, 1.165) is 50.9 Å². The molecule has 0 atom stereocenters. The van der Waals surface area contributed by atoms with Gasteiger partial charge in [-0.15, -0.1) is 0 Å². The number of halogens is 1. The Hall–Kier alpha value is -2.99. The van der Waals surface area contributed by atoms with Crippen LogP contribution in [0.5, 0.6) is 0 Å². The van der Waals surface area contributed by atoms with Crippen LogP contribution in [0.2, 0.25) is 5.02 Å². The van der Waals surface area contributed by atoms with Crippen molar-refractivity contribution in [3.63, 3.8) is 0 Å². The lowest BCUT2D eigenvalue weighted by atomic mass is 9.61. The summed E-state index contributed by atoms with van der Waals surface area (Å²) >= 11 is 6.25. The number of carbonyl (C=O) groups excluding carboxylic acids is 2. The molecule has 1 amide bonds. The van der Waals surface area contributed by atoms with Crippen LogP contribution in [0.4, 0.5) is 10.5 Å². The Balaban J connectivity index is 1.33. The molecular weight excluding hydrogens is 524 g/mol. The summed E-state index contributed by atoms with van der Waals surface area (Å²) in [6.07, 6.45) is 8.15. The highest BCUT2D eigenvalue weighted by Crippen LogP contribution is 2.55. The van der Waals surface area contributed by atoms with E-state index in [4.69, 9.17) is 21.1 Å². The summed E-state index contributed by atoms with van der Waals surface area (Å²) in [7, 11) is 1.47. The van der Waals surface area contributed by atoms with Crippen molar-refractivity contribution in [3.8, 4) is 0 Å². The molecular formula is C33H41ClN2O4. The van der Waals surface area contributed by atoms with Crippen molar-refractivity contribution in [1.29, 1.82) is 0 Å². The molecule has 6 nitrogen and oxygen atoms in total. The van der Waals surface area contributed by atoms with Gasteiger partial charge in [0.15, 0.2) is 0 Å². The van der Waals surface area contributed by atoms with Crippen molar-refractivity contribution in [2.75, 3.05) is 25.5 Å². The van der Waals surface area contributed by atoms with E-state index in [1.165, 1.54) is 23.8 Å². The Bertz CT molecular complexity index is 1280. The standard InChI is InChI=1S/C33H41ClN2O4/c1-31(2,3)40-30(38)36-18-12-23(13-19-36)20-25-21-24-8-5-6-11-28(24)32(25)14-16-33(17-15-32,29(37)39-4)35-27-10-7-9-26(34)22-27/h5-11,21-23,35H,12-20H2,1-4H3. The molecule has 2 aromatic rings. The molecule has 2 aliphatic carbocycles. The van der Waals surface area contributed by atoms with Crippen molar-refractivity contribution in [2.24, 2.45) is 5.92 Å². The third kappa shape index (κ3) is 5.74. The molecule has 0 unspecified atom stereocenters. The van der Waals surface area contributed by atoms with E-state index in [-0.39, 0.29) is 17.5 Å². The molecule has 1 saturated heterocycles. The highest BCUT2D eigenvalue weighted by Gasteiger charge is 2.52. The lowest BCUT2D eigenvalue weighted by molar-refractivity contribution is -0.147. The third-order valence-corrected chi connectivity index (χ3v) is 9.17. The highest BCUT2D eigenvalue weighted by atomic mass is 35.5. The van der Waals surface area contributed by atoms with Crippen LogP contribution in [0.1, 0.15) is 76.8 Å². The van der Waals surface area contributed by atoms with Crippen LogP contribution in [0, 0.1) is 5.92 Å². The Kier molecular flexibility index (Phi) is 7.93. The maximum atomic E-state index is 13.2. The number of allylic oxidation sites excluding steroid dienone is 1. The maximum Gasteiger partial charge on any atom is 0.410 e. The largest absolute Gasteiger partial charge is 0.467 e. The fraction of sp³-hybridized carbons (Fsp3) is 0.515. The molecule has 7 heteroatoms. The van der Waals surface area contributed by atoms with Gasteiger partial charge in [0.25, 0.3) is 0 Å². The lowest BCUT2D eigenvalue weighted by Crippen LogP contribution is -2.52. The Morgan fingerprint density at radius 2 is 1.73 bits per heavy atom. The van der Waals surface area contributed by atoms with E-state index in [1.807, 2.05) is 49.9 Å². The van der Waals surface area contributed by atoms with Crippen LogP contribution in [0.15, 0.2) is 54.1 Å². The second kappa shape index (κ2) is 11.1. The molecule has 3 aliphatic rings. The first kappa shape index (κ1) is 28.5. The van der Waals surface area contributed by atoms with Gasteiger partial charge in [-0.25, -0.2) is 9.59 Å². The summed E-state index contributed by atoms with van der Waals surface area (Å²) in [5.41, 5.74) is 3.58. The summed E-state index contributed by atoms with van der Waals surface area (Å²) in [6, 6.07) is 16.2. The molecule has 1 saturated carbocycles. The number of fused-ring (bicyclic) bond motifs is 2. The number of hydrogen-bond acceptors (Lipinski definition) is 5. The number of methoxy groups -OCH3 is 1. The zero-order valence-corrected chi connectivity index (χ0v) is 24.9. The predicted molar refractivity (Wildman–Crippen MR) is 160 cm³/mol. The monoisotopic (exact) mass is 564 g/mol. The van der Waals surface area contributed by atoms with Crippen molar-refractivity contribution in [3.05, 3.63) is 70.3 Å². The van der Waals surface area contributed by atoms with Crippen LogP contribution in [0.3, 0.4) is 0 Å². The first-order chi connectivity index (χ1) is 19.0. The number of nitrogens with zero attached hydrogens (tertiary/aromatic N) is 1. The summed E-state index contributed by atoms with van der Waals surface area (Å²) in [5.74, 6) is 0.279. The molecule has 0 aromatic heterocycles. The van der Waals surface area contributed by atoms with Crippen molar-refractivity contribution >= 4 is 35.4 Å². The number of nitrogens with one attached hydrogen (secondary N) is 1. The number of benzene rings is 2. The fourth-order valence-electron chi connectivity index (χ4n) is 6.88. The molecule has 1 spiro atoms. The van der Waals surface area contributed by atoms with Gasteiger partial charge in [0, 0.05) is 29.2 Å². The number of hydrogen-bond donors (Lipinski definition) is 1. The first-order valence-corrected chi connectivity index (χ1v) is 14.8. The van der Waals surface area contributed by atoms with E-state index in [0.29, 0.717) is 23.8 Å². The molecule has 1 heterocycles. The average Bonchev–Trinajstić information content (AvgIpc) is 3.21. The van der Waals surface area contributed by atoms with Crippen molar-refractivity contribution < 1.29 is 19.1 Å². The van der Waals surface area contributed by atoms with Gasteiger partial charge in [0.1, 0.15) is 11.1 Å². The molecule has 214 valence electrons. The van der Waals surface area contributed by atoms with Crippen LogP contribution in [-0.2, 0) is 19.7 Å². The number of rotatable bonds is 5. The minimum absolute atomic E-state index is 0.0908. The van der Waals surface area contributed by atoms with Crippen molar-refractivity contribution in [1.82, 2.24) is 4.90 Å². The van der Waals surface area contributed by atoms with Crippen LogP contribution >= 0.6 is 11.6 Å². The highest BCUT2D eigenvalue weighted by molar-refractivity contribution is 6.30. The number of esters is 1. The van der Waals surface area contributed by atoms with Gasteiger partial charge < -0.3 is 19.7 Å². The van der Waals surface area contributed by atoms with E-state index < -0.39 is 11.1 Å². The van der Waals surface area contributed by atoms with Gasteiger partial charge >= 0.3 is 12.1 Å². The molecule has 0 bridgehead atoms. The normalized spacial score (nSPS) is 24.8. The minimum atomic E-state index is -0.800. The third-order valence-electron chi connectivity index (χ3n) is 8.94. The van der Waals surface area contributed by atoms with Crippen LogP contribution in [0.25, 0.3) is 6.08 Å². The minimum Gasteiger partial charge on any atom is -0.467 e. The van der Waals surface area contributed by atoms with Gasteiger partial charge in [-0.3, -0.25) is 0 Å². The van der Waals surface area contributed by atoms with Gasteiger partial charge in [0.05, 0.1) is 7.11 Å². The van der Waals surface area contributed by atoms with E-state index in [9.17, 15) is 9.59 Å². The maximum absolute atomic E-state index is 13.2. The number of anilines is 1. The predicted octanol–water partition coefficient (Wildman–Crippen LogP) is 7.61. The molecule has 1 N–H and O–H groups in total. The number of ether oxygens (including phenoxy) is 2. The average molecular weight is 565 g/mol. The second-order valence-corrected chi connectivity index (χ2v) is 13.1. The van der Waals surface area contributed by atoms with E-state index >= 15 is 0 Å². The molecule has 0 radical (unpaired) electrons. The van der Waals surface area contributed by atoms with Crippen molar-refractivity contribution in [2.45, 2.75) is 82.3 Å². The number of piperidine rings is 1. The second-order valence-electron chi connectivity index (χ2n) is 12.7. The van der Waals surface area contributed by atoms with Gasteiger partial charge in [0.2, 0.25) is 0 Å². The summed E-state index contributed by atoms with van der Waals surface area (Å²) in [6.45, 7) is 7.17. The molecule has 2 aromatic carbocycles. The van der Waals surface area contributed by atoms with E-state index in [2.05, 4.69) is 35.7 Å². The molecule has 40 heavy (non-hydrogen) atoms.